The van der Waals surface area contributed by atoms with Gasteiger partial charge in [-0.3, -0.25) is 4.79 Å². The molecule has 0 radical (unpaired) electrons. The minimum atomic E-state index is -0.772. The van der Waals surface area contributed by atoms with Crippen molar-refractivity contribution in [1.29, 1.82) is 0 Å². The Bertz CT molecular complexity index is 266. The normalized spacial score (nSPS) is 11.6. The van der Waals surface area contributed by atoms with Gasteiger partial charge < -0.3 is 15.3 Å². The van der Waals surface area contributed by atoms with Gasteiger partial charge in [-0.15, -0.1) is 6.58 Å². The first-order valence-electron chi connectivity index (χ1n) is 5.79. The summed E-state index contributed by atoms with van der Waals surface area (Å²) in [5.74, 6) is -0.470. The van der Waals surface area contributed by atoms with Gasteiger partial charge in [-0.2, -0.15) is 0 Å². The molecule has 0 aliphatic carbocycles. The molecule has 0 aromatic heterocycles. The van der Waals surface area contributed by atoms with Crippen molar-refractivity contribution in [2.75, 3.05) is 20.1 Å². The second-order valence-electron chi connectivity index (χ2n) is 4.23. The number of urea groups is 1. The summed E-state index contributed by atoms with van der Waals surface area (Å²) in [4.78, 5) is 23.4. The predicted octanol–water partition coefficient (Wildman–Crippen LogP) is 1.70. The molecule has 0 spiro atoms. The monoisotopic (exact) mass is 242 g/mol. The molecular formula is C12H22N2O3. The van der Waals surface area contributed by atoms with Gasteiger partial charge in [-0.25, -0.2) is 4.79 Å². The standard InChI is InChI=1S/C12H22N2O3/c1-4-9-14(3)12(17)13-8-7-10(2)5-6-11(15)16/h4,10H,1,5-9H2,2-3H3,(H,13,17)(H,15,16). The van der Waals surface area contributed by atoms with Crippen LogP contribution >= 0.6 is 0 Å². The Kier molecular flexibility index (Phi) is 7.84. The summed E-state index contributed by atoms with van der Waals surface area (Å²) in [5.41, 5.74) is 0. The number of amides is 2. The maximum Gasteiger partial charge on any atom is 0.317 e. The summed E-state index contributed by atoms with van der Waals surface area (Å²) >= 11 is 0. The maximum absolute atomic E-state index is 11.5. The van der Waals surface area contributed by atoms with Crippen LogP contribution in [0, 0.1) is 5.92 Å². The third kappa shape index (κ3) is 8.30. The highest BCUT2D eigenvalue weighted by Crippen LogP contribution is 2.09. The Balaban J connectivity index is 3.64. The molecule has 98 valence electrons. The lowest BCUT2D eigenvalue weighted by atomic mass is 10.0. The van der Waals surface area contributed by atoms with Crippen LogP contribution in [0.1, 0.15) is 26.2 Å². The summed E-state index contributed by atoms with van der Waals surface area (Å²) in [6, 6.07) is -0.129. The number of carboxylic acids is 1. The van der Waals surface area contributed by atoms with E-state index < -0.39 is 5.97 Å². The molecule has 2 N–H and O–H groups in total. The molecule has 0 rings (SSSR count). The lowest BCUT2D eigenvalue weighted by molar-refractivity contribution is -0.137. The second-order valence-corrected chi connectivity index (χ2v) is 4.23. The Morgan fingerprint density at radius 2 is 2.12 bits per heavy atom. The Hall–Kier alpha value is -1.52. The van der Waals surface area contributed by atoms with Gasteiger partial charge in [0.2, 0.25) is 0 Å². The van der Waals surface area contributed by atoms with E-state index in [0.29, 0.717) is 25.4 Å². The summed E-state index contributed by atoms with van der Waals surface area (Å²) in [6.45, 7) is 6.63. The molecule has 0 bridgehead atoms. The maximum atomic E-state index is 11.5. The fourth-order valence-electron chi connectivity index (χ4n) is 1.35. The van der Waals surface area contributed by atoms with E-state index in [-0.39, 0.29) is 12.5 Å². The van der Waals surface area contributed by atoms with Crippen LogP contribution in [0.3, 0.4) is 0 Å². The van der Waals surface area contributed by atoms with Crippen LogP contribution in [0.4, 0.5) is 4.79 Å². The molecule has 2 amide bonds. The third-order valence-corrected chi connectivity index (χ3v) is 2.51. The highest BCUT2D eigenvalue weighted by molar-refractivity contribution is 5.73. The van der Waals surface area contributed by atoms with Gasteiger partial charge in [0.25, 0.3) is 0 Å². The van der Waals surface area contributed by atoms with Gasteiger partial charge in [0.15, 0.2) is 0 Å². The van der Waals surface area contributed by atoms with Crippen molar-refractivity contribution in [3.8, 4) is 0 Å². The van der Waals surface area contributed by atoms with E-state index in [4.69, 9.17) is 5.11 Å². The molecule has 0 heterocycles. The second kappa shape index (κ2) is 8.61. The fourth-order valence-corrected chi connectivity index (χ4v) is 1.35. The Morgan fingerprint density at radius 3 is 2.65 bits per heavy atom. The SMILES string of the molecule is C=CCN(C)C(=O)NCCC(C)CCC(=O)O. The van der Waals surface area contributed by atoms with Crippen molar-refractivity contribution >= 4 is 12.0 Å². The van der Waals surface area contributed by atoms with Crippen molar-refractivity contribution in [1.82, 2.24) is 10.2 Å². The quantitative estimate of drug-likeness (QED) is 0.636. The van der Waals surface area contributed by atoms with Gasteiger partial charge >= 0.3 is 12.0 Å². The van der Waals surface area contributed by atoms with E-state index >= 15 is 0 Å². The van der Waals surface area contributed by atoms with E-state index in [1.807, 2.05) is 6.92 Å². The van der Waals surface area contributed by atoms with E-state index in [1.54, 1.807) is 13.1 Å². The third-order valence-electron chi connectivity index (χ3n) is 2.51. The first kappa shape index (κ1) is 15.5. The van der Waals surface area contributed by atoms with Crippen LogP contribution in [-0.4, -0.2) is 42.1 Å². The number of hydrogen-bond acceptors (Lipinski definition) is 2. The molecule has 0 aliphatic heterocycles. The molecule has 0 saturated heterocycles. The minimum absolute atomic E-state index is 0.129. The summed E-state index contributed by atoms with van der Waals surface area (Å²) in [5, 5.41) is 11.3. The van der Waals surface area contributed by atoms with Crippen molar-refractivity contribution in [2.45, 2.75) is 26.2 Å². The molecule has 0 aromatic carbocycles. The number of nitrogens with zero attached hydrogens (tertiary/aromatic N) is 1. The Labute approximate surface area is 102 Å². The largest absolute Gasteiger partial charge is 0.481 e. The molecule has 0 saturated carbocycles. The van der Waals surface area contributed by atoms with Crippen molar-refractivity contribution < 1.29 is 14.7 Å². The number of carbonyl (C=O) groups is 2. The van der Waals surface area contributed by atoms with Gasteiger partial charge in [0, 0.05) is 26.6 Å². The lowest BCUT2D eigenvalue weighted by Crippen LogP contribution is -2.38. The van der Waals surface area contributed by atoms with Crippen molar-refractivity contribution in [3.63, 3.8) is 0 Å². The number of carboxylic acid groups (broad SMARTS) is 1. The zero-order chi connectivity index (χ0) is 13.3. The van der Waals surface area contributed by atoms with Gasteiger partial charge in [0.05, 0.1) is 0 Å². The number of hydrogen-bond donors (Lipinski definition) is 2. The number of nitrogens with one attached hydrogen (secondary N) is 1. The van der Waals surface area contributed by atoms with Crippen LogP contribution in [0.25, 0.3) is 0 Å². The van der Waals surface area contributed by atoms with Gasteiger partial charge in [-0.05, 0) is 18.8 Å². The number of likely N-dealkylation sites (N-methyl/N-ethyl adjacent to an activating group) is 1. The molecule has 5 nitrogen and oxygen atoms in total. The summed E-state index contributed by atoms with van der Waals surface area (Å²) in [7, 11) is 1.70. The van der Waals surface area contributed by atoms with E-state index in [9.17, 15) is 9.59 Å². The average Bonchev–Trinajstić information content (AvgIpc) is 2.26. The smallest absolute Gasteiger partial charge is 0.317 e. The zero-order valence-electron chi connectivity index (χ0n) is 10.6. The summed E-state index contributed by atoms with van der Waals surface area (Å²) < 4.78 is 0. The molecule has 1 unspecified atom stereocenters. The predicted molar refractivity (Wildman–Crippen MR) is 66.9 cm³/mol. The van der Waals surface area contributed by atoms with Gasteiger partial charge in [-0.1, -0.05) is 13.0 Å². The van der Waals surface area contributed by atoms with Crippen LogP contribution < -0.4 is 5.32 Å². The molecule has 0 fully saturated rings. The molecule has 1 atom stereocenters. The number of aliphatic carboxylic acids is 1. The summed E-state index contributed by atoms with van der Waals surface area (Å²) in [6.07, 6.45) is 3.29. The molecule has 5 heteroatoms. The minimum Gasteiger partial charge on any atom is -0.481 e. The molecule has 17 heavy (non-hydrogen) atoms. The highest BCUT2D eigenvalue weighted by atomic mass is 16.4. The topological polar surface area (TPSA) is 69.6 Å². The van der Waals surface area contributed by atoms with Gasteiger partial charge in [0.1, 0.15) is 0 Å². The molecule has 0 aliphatic rings. The lowest BCUT2D eigenvalue weighted by Gasteiger charge is -2.17. The van der Waals surface area contributed by atoms with Crippen molar-refractivity contribution in [3.05, 3.63) is 12.7 Å². The fraction of sp³-hybridized carbons (Fsp3) is 0.667. The molecule has 0 aromatic rings. The van der Waals surface area contributed by atoms with Crippen LogP contribution in [0.15, 0.2) is 12.7 Å². The first-order valence-corrected chi connectivity index (χ1v) is 5.79. The zero-order valence-corrected chi connectivity index (χ0v) is 10.6. The van der Waals surface area contributed by atoms with Crippen LogP contribution in [-0.2, 0) is 4.79 Å². The Morgan fingerprint density at radius 1 is 1.47 bits per heavy atom. The average molecular weight is 242 g/mol. The van der Waals surface area contributed by atoms with Crippen LogP contribution in [0.5, 0.6) is 0 Å². The highest BCUT2D eigenvalue weighted by Gasteiger charge is 2.08. The van der Waals surface area contributed by atoms with Crippen molar-refractivity contribution in [2.24, 2.45) is 5.92 Å². The molecular weight excluding hydrogens is 220 g/mol. The van der Waals surface area contributed by atoms with E-state index in [0.717, 1.165) is 6.42 Å². The number of carbonyl (C=O) groups excluding carboxylic acids is 1. The first-order chi connectivity index (χ1) is 7.97. The number of rotatable bonds is 8. The van der Waals surface area contributed by atoms with Crippen LogP contribution in [0.2, 0.25) is 0 Å². The van der Waals surface area contributed by atoms with E-state index in [1.165, 1.54) is 4.90 Å². The van der Waals surface area contributed by atoms with E-state index in [2.05, 4.69) is 11.9 Å².